The number of nitrogens with one attached hydrogen (secondary N) is 3. The van der Waals surface area contributed by atoms with Crippen molar-refractivity contribution in [1.29, 1.82) is 0 Å². The highest BCUT2D eigenvalue weighted by atomic mass is 35.5. The molecule has 0 atom stereocenters. The van der Waals surface area contributed by atoms with Gasteiger partial charge in [-0.1, -0.05) is 0 Å². The first kappa shape index (κ1) is 33.3. The minimum absolute atomic E-state index is 0. The van der Waals surface area contributed by atoms with Crippen molar-refractivity contribution in [2.75, 3.05) is 61.7 Å². The number of aromatic amines is 2. The highest BCUT2D eigenvalue weighted by Gasteiger charge is 2.26. The highest BCUT2D eigenvalue weighted by molar-refractivity contribution is 6.18. The second kappa shape index (κ2) is 16.4. The van der Waals surface area contributed by atoms with Crippen molar-refractivity contribution >= 4 is 74.9 Å². The third-order valence-corrected chi connectivity index (χ3v) is 6.11. The van der Waals surface area contributed by atoms with Crippen molar-refractivity contribution in [3.05, 3.63) is 48.8 Å². The van der Waals surface area contributed by atoms with E-state index < -0.39 is 5.60 Å². The maximum absolute atomic E-state index is 12.1. The molecule has 220 valence electrons. The van der Waals surface area contributed by atoms with E-state index in [0.717, 1.165) is 59.4 Å². The standard InChI is InChI=1S/C16H22N4O2.C7H7N3.C4H9Cl2N.ClH/c1-16(2,3)22-15(21)20-8-6-19(7-9-20)13-5-4-12-11-17-18-14(12)10-13;8-6-2-1-5-4-9-10-7(5)3-6;5-1-3-7-4-2-6;/h4-5,10-11H,6-9H2,1-3H3,(H,17,18);1-4H,8H2,(H,9,10);7H,1-4H2;1H. The van der Waals surface area contributed by atoms with E-state index in [0.29, 0.717) is 24.8 Å². The number of aromatic nitrogens is 4. The molecule has 5 rings (SSSR count). The number of nitrogens with two attached hydrogens (primary N) is 1. The van der Waals surface area contributed by atoms with Crippen LogP contribution < -0.4 is 16.0 Å². The molecule has 0 spiro atoms. The summed E-state index contributed by atoms with van der Waals surface area (Å²) < 4.78 is 5.42. The molecule has 1 amide bonds. The summed E-state index contributed by atoms with van der Waals surface area (Å²) in [7, 11) is 0. The van der Waals surface area contributed by atoms with E-state index in [1.54, 1.807) is 11.1 Å². The average Bonchev–Trinajstić information content (AvgIpc) is 3.57. The van der Waals surface area contributed by atoms with Gasteiger partial charge in [0.15, 0.2) is 0 Å². The van der Waals surface area contributed by atoms with E-state index in [9.17, 15) is 4.79 Å². The van der Waals surface area contributed by atoms with Gasteiger partial charge in [-0.15, -0.1) is 35.6 Å². The first-order valence-corrected chi connectivity index (χ1v) is 13.9. The maximum Gasteiger partial charge on any atom is 0.410 e. The Morgan fingerprint density at radius 3 is 2.05 bits per heavy atom. The minimum atomic E-state index is -0.445. The van der Waals surface area contributed by atoms with Gasteiger partial charge in [-0.2, -0.15) is 10.2 Å². The lowest BCUT2D eigenvalue weighted by atomic mass is 10.2. The second-order valence-electron chi connectivity index (χ2n) is 9.94. The van der Waals surface area contributed by atoms with Crippen LogP contribution in [0.5, 0.6) is 0 Å². The Kier molecular flexibility index (Phi) is 13.6. The lowest BCUT2D eigenvalue weighted by Crippen LogP contribution is -2.50. The topological polar surface area (TPSA) is 128 Å². The van der Waals surface area contributed by atoms with Gasteiger partial charge < -0.3 is 25.6 Å². The number of carbonyl (C=O) groups excluding carboxylic acids is 1. The van der Waals surface area contributed by atoms with E-state index >= 15 is 0 Å². The zero-order valence-electron chi connectivity index (χ0n) is 23.1. The lowest BCUT2D eigenvalue weighted by molar-refractivity contribution is 0.0240. The fraction of sp³-hybridized carbons (Fsp3) is 0.444. The van der Waals surface area contributed by atoms with Gasteiger partial charge in [0.25, 0.3) is 0 Å². The van der Waals surface area contributed by atoms with Gasteiger partial charge in [0.2, 0.25) is 0 Å². The summed E-state index contributed by atoms with van der Waals surface area (Å²) >= 11 is 10.7. The van der Waals surface area contributed by atoms with Crippen LogP contribution in [-0.2, 0) is 4.74 Å². The van der Waals surface area contributed by atoms with Gasteiger partial charge in [-0.25, -0.2) is 4.79 Å². The molecule has 4 aromatic rings. The zero-order chi connectivity index (χ0) is 28.3. The highest BCUT2D eigenvalue weighted by Crippen LogP contribution is 2.22. The Labute approximate surface area is 251 Å². The van der Waals surface area contributed by atoms with E-state index in [1.165, 1.54) is 0 Å². The van der Waals surface area contributed by atoms with Gasteiger partial charge in [0, 0.05) is 73.2 Å². The number of amides is 1. The molecule has 3 heterocycles. The number of anilines is 2. The molecule has 1 aliphatic rings. The SMILES string of the molecule is CC(C)(C)OC(=O)N1CCN(c2ccc3cn[nH]c3c2)CC1.Cl.ClCCNCCCl.Nc1ccc2cn[nH]c2c1. The molecule has 13 heteroatoms. The number of piperazine rings is 1. The van der Waals surface area contributed by atoms with Crippen LogP contribution in [0.15, 0.2) is 48.8 Å². The molecule has 1 saturated heterocycles. The van der Waals surface area contributed by atoms with Gasteiger partial charge >= 0.3 is 6.09 Å². The number of nitrogens with zero attached hydrogens (tertiary/aromatic N) is 4. The minimum Gasteiger partial charge on any atom is -0.444 e. The molecular formula is C27H39Cl3N8O2. The van der Waals surface area contributed by atoms with Crippen molar-refractivity contribution in [3.8, 4) is 0 Å². The smallest absolute Gasteiger partial charge is 0.410 e. The number of halogens is 3. The number of nitrogen functional groups attached to an aromatic ring is 1. The maximum atomic E-state index is 12.1. The van der Waals surface area contributed by atoms with Crippen molar-refractivity contribution < 1.29 is 9.53 Å². The van der Waals surface area contributed by atoms with Crippen molar-refractivity contribution in [2.24, 2.45) is 0 Å². The molecule has 0 saturated carbocycles. The predicted octanol–water partition coefficient (Wildman–Crippen LogP) is 5.24. The van der Waals surface area contributed by atoms with Gasteiger partial charge in [0.05, 0.1) is 23.4 Å². The van der Waals surface area contributed by atoms with Crippen molar-refractivity contribution in [3.63, 3.8) is 0 Å². The Hall–Kier alpha value is -2.92. The number of fused-ring (bicyclic) bond motifs is 2. The molecule has 10 nitrogen and oxygen atoms in total. The predicted molar refractivity (Wildman–Crippen MR) is 168 cm³/mol. The molecule has 0 unspecified atom stereocenters. The molecule has 2 aromatic heterocycles. The first-order chi connectivity index (χ1) is 18.7. The van der Waals surface area contributed by atoms with Gasteiger partial charge in [-0.05, 0) is 57.2 Å². The average molecular weight is 614 g/mol. The number of carbonyl (C=O) groups is 1. The molecular weight excluding hydrogens is 575 g/mol. The molecule has 5 N–H and O–H groups in total. The van der Waals surface area contributed by atoms with Crippen LogP contribution in [-0.4, -0.2) is 88.0 Å². The Balaban J connectivity index is 0.000000257. The molecule has 0 aliphatic carbocycles. The molecule has 40 heavy (non-hydrogen) atoms. The summed E-state index contributed by atoms with van der Waals surface area (Å²) in [6, 6.07) is 11.9. The number of hydrogen-bond acceptors (Lipinski definition) is 7. The largest absolute Gasteiger partial charge is 0.444 e. The van der Waals surface area contributed by atoms with Gasteiger partial charge in [-0.3, -0.25) is 10.2 Å². The van der Waals surface area contributed by atoms with E-state index in [4.69, 9.17) is 33.7 Å². The number of ether oxygens (including phenoxy) is 1. The van der Waals surface area contributed by atoms with E-state index in [2.05, 4.69) is 48.8 Å². The fourth-order valence-corrected chi connectivity index (χ4v) is 4.08. The van der Waals surface area contributed by atoms with Crippen LogP contribution >= 0.6 is 35.6 Å². The van der Waals surface area contributed by atoms with Crippen molar-refractivity contribution in [2.45, 2.75) is 26.4 Å². The lowest BCUT2D eigenvalue weighted by Gasteiger charge is -2.36. The summed E-state index contributed by atoms with van der Waals surface area (Å²) in [6.07, 6.45) is 3.37. The molecule has 0 bridgehead atoms. The summed E-state index contributed by atoms with van der Waals surface area (Å²) in [5.41, 5.74) is 9.03. The second-order valence-corrected chi connectivity index (χ2v) is 10.7. The van der Waals surface area contributed by atoms with E-state index in [1.807, 2.05) is 45.2 Å². The summed E-state index contributed by atoms with van der Waals surface area (Å²) in [4.78, 5) is 16.1. The van der Waals surface area contributed by atoms with Gasteiger partial charge in [0.1, 0.15) is 5.60 Å². The summed E-state index contributed by atoms with van der Waals surface area (Å²) in [5, 5.41) is 18.9. The first-order valence-electron chi connectivity index (χ1n) is 12.9. The zero-order valence-corrected chi connectivity index (χ0v) is 25.5. The normalized spacial score (nSPS) is 13.1. The fourth-order valence-electron chi connectivity index (χ4n) is 3.81. The summed E-state index contributed by atoms with van der Waals surface area (Å²) in [6.45, 7) is 10.3. The van der Waals surface area contributed by atoms with Crippen LogP contribution in [0.25, 0.3) is 21.8 Å². The quantitative estimate of drug-likeness (QED) is 0.138. The number of alkyl halides is 2. The third kappa shape index (κ3) is 10.6. The van der Waals surface area contributed by atoms with Crippen LogP contribution in [0.3, 0.4) is 0 Å². The Morgan fingerprint density at radius 2 is 1.50 bits per heavy atom. The molecule has 1 fully saturated rings. The van der Waals surface area contributed by atoms with E-state index in [-0.39, 0.29) is 18.5 Å². The van der Waals surface area contributed by atoms with Crippen molar-refractivity contribution in [1.82, 2.24) is 30.6 Å². The number of rotatable bonds is 5. The molecule has 1 aliphatic heterocycles. The third-order valence-electron chi connectivity index (χ3n) is 5.73. The number of hydrogen-bond donors (Lipinski definition) is 4. The molecule has 2 aromatic carbocycles. The van der Waals surface area contributed by atoms with Crippen LogP contribution in [0.1, 0.15) is 20.8 Å². The monoisotopic (exact) mass is 612 g/mol. The van der Waals surface area contributed by atoms with Crippen LogP contribution in [0.4, 0.5) is 16.2 Å². The Bertz CT molecular complexity index is 1300. The van der Waals surface area contributed by atoms with Crippen LogP contribution in [0.2, 0.25) is 0 Å². The summed E-state index contributed by atoms with van der Waals surface area (Å²) in [5.74, 6) is 1.33. The number of H-pyrrole nitrogens is 2. The van der Waals surface area contributed by atoms with Crippen LogP contribution in [0, 0.1) is 0 Å². The molecule has 0 radical (unpaired) electrons. The number of benzene rings is 2. The Morgan fingerprint density at radius 1 is 0.950 bits per heavy atom.